The van der Waals surface area contributed by atoms with Crippen molar-refractivity contribution >= 4 is 5.91 Å². The number of aryl methyl sites for hydroxylation is 1. The number of aliphatic hydroxyl groups excluding tert-OH is 1. The summed E-state index contributed by atoms with van der Waals surface area (Å²) in [4.78, 5) is 20.3. The number of amides is 1. The highest BCUT2D eigenvalue weighted by atomic mass is 19.4. The fourth-order valence-electron chi connectivity index (χ4n) is 3.88. The topological polar surface area (TPSA) is 132 Å². The Kier molecular flexibility index (Phi) is 7.23. The first kappa shape index (κ1) is 25.9. The number of hydrogen-bond acceptors (Lipinski definition) is 8. The number of benzene rings is 2. The molecule has 1 unspecified atom stereocenters. The Hall–Kier alpha value is -4.78. The van der Waals surface area contributed by atoms with Gasteiger partial charge in [-0.2, -0.15) is 18.2 Å². The minimum Gasteiger partial charge on any atom is -0.378 e. The molecule has 0 aliphatic heterocycles. The zero-order chi connectivity index (χ0) is 27.4. The molecule has 0 spiro atoms. The van der Waals surface area contributed by atoms with Crippen molar-refractivity contribution in [2.75, 3.05) is 6.54 Å². The van der Waals surface area contributed by atoms with E-state index in [-0.39, 0.29) is 11.4 Å². The minimum atomic E-state index is -4.80. The van der Waals surface area contributed by atoms with Gasteiger partial charge in [0.15, 0.2) is 17.6 Å². The number of hydrogen-bond donors (Lipinski definition) is 2. The van der Waals surface area contributed by atoms with Gasteiger partial charge in [0, 0.05) is 36.6 Å². The number of carbonyl (C=O) groups excluding carboxylic acids is 1. The molecule has 39 heavy (non-hydrogen) atoms. The van der Waals surface area contributed by atoms with Crippen molar-refractivity contribution in [1.29, 1.82) is 0 Å². The summed E-state index contributed by atoms with van der Waals surface area (Å²) >= 11 is 0. The first-order chi connectivity index (χ1) is 18.8. The Morgan fingerprint density at radius 3 is 2.49 bits per heavy atom. The third kappa shape index (κ3) is 5.72. The lowest BCUT2D eigenvalue weighted by Crippen LogP contribution is -2.30. The van der Waals surface area contributed by atoms with Crippen molar-refractivity contribution in [3.8, 4) is 34.3 Å². The van der Waals surface area contributed by atoms with Crippen molar-refractivity contribution in [3.05, 3.63) is 84.4 Å². The molecular weight excluding hydrogens is 517 g/mol. The van der Waals surface area contributed by atoms with E-state index >= 15 is 0 Å². The van der Waals surface area contributed by atoms with Crippen molar-refractivity contribution in [2.45, 2.75) is 25.2 Å². The third-order valence-electron chi connectivity index (χ3n) is 5.82. The highest BCUT2D eigenvalue weighted by Crippen LogP contribution is 2.43. The molecule has 0 saturated carbocycles. The van der Waals surface area contributed by atoms with E-state index in [0.717, 1.165) is 0 Å². The van der Waals surface area contributed by atoms with Crippen LogP contribution in [0, 0.1) is 0 Å². The van der Waals surface area contributed by atoms with E-state index in [0.29, 0.717) is 30.6 Å². The number of nitrogens with zero attached hydrogens (tertiary/aromatic N) is 5. The fourth-order valence-corrected chi connectivity index (χ4v) is 3.88. The molecule has 5 aromatic rings. The fraction of sp³-hybridized carbons (Fsp3) is 0.192. The summed E-state index contributed by atoms with van der Waals surface area (Å²) in [6, 6.07) is 13.8. The quantitative estimate of drug-likeness (QED) is 0.262. The molecule has 0 fully saturated rings. The zero-order valence-electron chi connectivity index (χ0n) is 20.2. The SMILES string of the molecule is O=C(NCCCn1ccnc1)C(O)c1ccc(-c2noc(-c3noc(-c4ccccc4)c3C(F)(F)F)n2)cc1. The van der Waals surface area contributed by atoms with Crippen LogP contribution in [-0.4, -0.2) is 42.4 Å². The second-order valence-corrected chi connectivity index (χ2v) is 8.49. The predicted molar refractivity (Wildman–Crippen MR) is 130 cm³/mol. The highest BCUT2D eigenvalue weighted by molar-refractivity contribution is 5.82. The van der Waals surface area contributed by atoms with Gasteiger partial charge in [0.25, 0.3) is 11.8 Å². The highest BCUT2D eigenvalue weighted by Gasteiger charge is 2.42. The van der Waals surface area contributed by atoms with Crippen LogP contribution in [0.5, 0.6) is 0 Å². The van der Waals surface area contributed by atoms with E-state index in [4.69, 9.17) is 9.05 Å². The number of halogens is 3. The Morgan fingerprint density at radius 1 is 1.03 bits per heavy atom. The maximum atomic E-state index is 13.9. The lowest BCUT2D eigenvalue weighted by Gasteiger charge is -2.12. The number of aliphatic hydroxyl groups is 1. The van der Waals surface area contributed by atoms with E-state index in [1.165, 1.54) is 36.4 Å². The van der Waals surface area contributed by atoms with Crippen LogP contribution in [-0.2, 0) is 17.5 Å². The molecular formula is C26H21F3N6O4. The molecule has 13 heteroatoms. The molecule has 0 radical (unpaired) electrons. The van der Waals surface area contributed by atoms with Crippen LogP contribution in [0.4, 0.5) is 13.2 Å². The van der Waals surface area contributed by atoms with Gasteiger partial charge in [-0.1, -0.05) is 64.9 Å². The summed E-state index contributed by atoms with van der Waals surface area (Å²) in [5.74, 6) is -1.50. The zero-order valence-corrected chi connectivity index (χ0v) is 20.2. The van der Waals surface area contributed by atoms with Gasteiger partial charge in [0.05, 0.1) is 6.33 Å². The largest absolute Gasteiger partial charge is 0.422 e. The molecule has 0 aliphatic carbocycles. The maximum absolute atomic E-state index is 13.9. The molecule has 0 aliphatic rings. The molecule has 0 bridgehead atoms. The molecule has 3 aromatic heterocycles. The molecule has 3 heterocycles. The van der Waals surface area contributed by atoms with Crippen molar-refractivity contribution in [2.24, 2.45) is 0 Å². The van der Waals surface area contributed by atoms with Gasteiger partial charge in [0.2, 0.25) is 5.82 Å². The number of rotatable bonds is 9. The van der Waals surface area contributed by atoms with Crippen LogP contribution in [0.1, 0.15) is 23.7 Å². The van der Waals surface area contributed by atoms with Gasteiger partial charge < -0.3 is 24.0 Å². The van der Waals surface area contributed by atoms with E-state index in [1.54, 1.807) is 30.7 Å². The van der Waals surface area contributed by atoms with Gasteiger partial charge in [-0.05, 0) is 12.0 Å². The molecule has 10 nitrogen and oxygen atoms in total. The van der Waals surface area contributed by atoms with Gasteiger partial charge >= 0.3 is 6.18 Å². The smallest absolute Gasteiger partial charge is 0.378 e. The summed E-state index contributed by atoms with van der Waals surface area (Å²) < 4.78 is 53.8. The van der Waals surface area contributed by atoms with Crippen molar-refractivity contribution in [3.63, 3.8) is 0 Å². The summed E-state index contributed by atoms with van der Waals surface area (Å²) in [5, 5.41) is 20.4. The van der Waals surface area contributed by atoms with Gasteiger partial charge in [-0.25, -0.2) is 4.98 Å². The monoisotopic (exact) mass is 538 g/mol. The average Bonchev–Trinajstić information content (AvgIpc) is 3.71. The number of alkyl halides is 3. The minimum absolute atomic E-state index is 0.00706. The average molecular weight is 538 g/mol. The Morgan fingerprint density at radius 2 is 1.79 bits per heavy atom. The number of nitrogens with one attached hydrogen (secondary N) is 1. The van der Waals surface area contributed by atoms with Gasteiger partial charge in [0.1, 0.15) is 5.56 Å². The van der Waals surface area contributed by atoms with Crippen molar-refractivity contribution < 1.29 is 32.1 Å². The van der Waals surface area contributed by atoms with Crippen LogP contribution in [0.2, 0.25) is 0 Å². The molecule has 5 rings (SSSR count). The van der Waals surface area contributed by atoms with Gasteiger partial charge in [-0.3, -0.25) is 4.79 Å². The first-order valence-corrected chi connectivity index (χ1v) is 11.8. The number of imidazole rings is 1. The Bertz CT molecular complexity index is 1530. The standard InChI is InChI=1S/C26H21F3N6O4/c27-26(28,29)19-20(33-38-22(19)17-5-2-1-3-6-17)25-32-23(34-39-25)18-9-7-16(8-10-18)21(36)24(37)31-11-4-13-35-14-12-30-15-35/h1-3,5-10,12,14-15,21,36H,4,11,13H2,(H,31,37). The van der Waals surface area contributed by atoms with E-state index in [1.807, 2.05) is 10.8 Å². The van der Waals surface area contributed by atoms with Gasteiger partial charge in [-0.15, -0.1) is 0 Å². The normalized spacial score (nSPS) is 12.4. The van der Waals surface area contributed by atoms with Crippen LogP contribution >= 0.6 is 0 Å². The maximum Gasteiger partial charge on any atom is 0.422 e. The van der Waals surface area contributed by atoms with E-state index < -0.39 is 41.1 Å². The molecule has 200 valence electrons. The van der Waals surface area contributed by atoms with Crippen molar-refractivity contribution in [1.82, 2.24) is 30.2 Å². The van der Waals surface area contributed by atoms with Crippen LogP contribution in [0.25, 0.3) is 34.3 Å². The van der Waals surface area contributed by atoms with E-state index in [2.05, 4.69) is 25.6 Å². The van der Waals surface area contributed by atoms with Crippen LogP contribution < -0.4 is 5.32 Å². The molecule has 1 amide bonds. The number of aromatic nitrogens is 5. The Labute approximate surface area is 219 Å². The molecule has 2 aromatic carbocycles. The summed E-state index contributed by atoms with van der Waals surface area (Å²) in [7, 11) is 0. The Balaban J connectivity index is 1.28. The second-order valence-electron chi connectivity index (χ2n) is 8.49. The third-order valence-corrected chi connectivity index (χ3v) is 5.82. The lowest BCUT2D eigenvalue weighted by molar-refractivity contribution is -0.137. The predicted octanol–water partition coefficient (Wildman–Crippen LogP) is 4.51. The van der Waals surface area contributed by atoms with E-state index in [9.17, 15) is 23.1 Å². The summed E-state index contributed by atoms with van der Waals surface area (Å²) in [6.07, 6.45) is -0.400. The first-order valence-electron chi connectivity index (χ1n) is 11.8. The van der Waals surface area contributed by atoms with Crippen LogP contribution in [0.15, 0.2) is 82.4 Å². The summed E-state index contributed by atoms with van der Waals surface area (Å²) in [5.41, 5.74) is -0.852. The molecule has 1 atom stereocenters. The molecule has 0 saturated heterocycles. The lowest BCUT2D eigenvalue weighted by atomic mass is 10.1. The van der Waals surface area contributed by atoms with Crippen LogP contribution in [0.3, 0.4) is 0 Å². The number of carbonyl (C=O) groups is 1. The summed E-state index contributed by atoms with van der Waals surface area (Å²) in [6.45, 7) is 1.04. The molecule has 2 N–H and O–H groups in total. The second kappa shape index (κ2) is 10.9.